The van der Waals surface area contributed by atoms with Crippen LogP contribution in [-0.4, -0.2) is 37.0 Å². The minimum absolute atomic E-state index is 0. The average Bonchev–Trinajstić information content (AvgIpc) is 2.16. The van der Waals surface area contributed by atoms with Gasteiger partial charge in [0.2, 0.25) is 5.91 Å². The number of carbonyl (C=O) groups excluding carboxylic acids is 1. The van der Waals surface area contributed by atoms with Gasteiger partial charge in [-0.25, -0.2) is 0 Å². The number of halogens is 1. The Morgan fingerprint density at radius 1 is 1.50 bits per heavy atom. The molecular formula is C9H19ClN2OS. The van der Waals surface area contributed by atoms with Crippen LogP contribution >= 0.6 is 24.2 Å². The maximum atomic E-state index is 11.3. The van der Waals surface area contributed by atoms with Gasteiger partial charge < -0.3 is 10.6 Å². The van der Waals surface area contributed by atoms with Crippen molar-refractivity contribution in [2.75, 3.05) is 25.1 Å². The lowest BCUT2D eigenvalue weighted by Crippen LogP contribution is -2.42. The molecule has 0 saturated carbocycles. The third-order valence-electron chi connectivity index (χ3n) is 2.24. The van der Waals surface area contributed by atoms with Crippen molar-refractivity contribution in [1.82, 2.24) is 10.6 Å². The Balaban J connectivity index is 0.00000169. The molecule has 1 aliphatic rings. The molecule has 1 amide bonds. The molecule has 0 bridgehead atoms. The van der Waals surface area contributed by atoms with Crippen molar-refractivity contribution >= 4 is 30.1 Å². The molecule has 1 aliphatic heterocycles. The average molecular weight is 239 g/mol. The van der Waals surface area contributed by atoms with E-state index in [9.17, 15) is 4.79 Å². The first-order chi connectivity index (χ1) is 6.33. The highest BCUT2D eigenvalue weighted by Gasteiger charge is 2.14. The Labute approximate surface area is 96.2 Å². The van der Waals surface area contributed by atoms with Crippen molar-refractivity contribution in [1.29, 1.82) is 0 Å². The number of carbonyl (C=O) groups is 1. The summed E-state index contributed by atoms with van der Waals surface area (Å²) in [5.74, 6) is 1.14. The van der Waals surface area contributed by atoms with Crippen molar-refractivity contribution in [3.05, 3.63) is 0 Å². The van der Waals surface area contributed by atoms with Crippen LogP contribution in [0.3, 0.4) is 0 Å². The largest absolute Gasteiger partial charge is 0.353 e. The van der Waals surface area contributed by atoms with Gasteiger partial charge in [-0.3, -0.25) is 4.79 Å². The molecule has 84 valence electrons. The van der Waals surface area contributed by atoms with E-state index in [2.05, 4.69) is 10.6 Å². The number of rotatable bonds is 4. The standard InChI is InChI=1S/C9H18N2OS.ClH/c1-13-7-4-9(12)11-8-2-5-10-6-3-8;/h8,10H,2-7H2,1H3,(H,11,12);1H. The van der Waals surface area contributed by atoms with Gasteiger partial charge in [0, 0.05) is 18.2 Å². The highest BCUT2D eigenvalue weighted by atomic mass is 35.5. The highest BCUT2D eigenvalue weighted by Crippen LogP contribution is 2.03. The summed E-state index contributed by atoms with van der Waals surface area (Å²) in [4.78, 5) is 11.3. The van der Waals surface area contributed by atoms with Crippen molar-refractivity contribution in [2.24, 2.45) is 0 Å². The van der Waals surface area contributed by atoms with Crippen LogP contribution in [0.15, 0.2) is 0 Å². The summed E-state index contributed by atoms with van der Waals surface area (Å²) in [5, 5.41) is 6.34. The van der Waals surface area contributed by atoms with Gasteiger partial charge >= 0.3 is 0 Å². The zero-order chi connectivity index (χ0) is 9.52. The molecule has 0 aromatic carbocycles. The third-order valence-corrected chi connectivity index (χ3v) is 2.85. The lowest BCUT2D eigenvalue weighted by molar-refractivity contribution is -0.121. The minimum atomic E-state index is 0. The van der Waals surface area contributed by atoms with Crippen LogP contribution in [0.1, 0.15) is 19.3 Å². The van der Waals surface area contributed by atoms with E-state index in [1.807, 2.05) is 6.26 Å². The Bertz CT molecular complexity index is 163. The molecule has 14 heavy (non-hydrogen) atoms. The summed E-state index contributed by atoms with van der Waals surface area (Å²) >= 11 is 1.72. The van der Waals surface area contributed by atoms with E-state index in [1.165, 1.54) is 0 Å². The van der Waals surface area contributed by atoms with Gasteiger partial charge in [-0.1, -0.05) is 0 Å². The quantitative estimate of drug-likeness (QED) is 0.769. The van der Waals surface area contributed by atoms with Crippen molar-refractivity contribution in [3.8, 4) is 0 Å². The Hall–Kier alpha value is 0.0700. The van der Waals surface area contributed by atoms with Gasteiger partial charge in [0.05, 0.1) is 0 Å². The molecule has 0 radical (unpaired) electrons. The third kappa shape index (κ3) is 5.73. The smallest absolute Gasteiger partial charge is 0.221 e. The first-order valence-electron chi connectivity index (χ1n) is 4.82. The molecule has 5 heteroatoms. The van der Waals surface area contributed by atoms with Gasteiger partial charge in [-0.2, -0.15) is 11.8 Å². The molecule has 1 saturated heterocycles. The maximum absolute atomic E-state index is 11.3. The van der Waals surface area contributed by atoms with Crippen LogP contribution < -0.4 is 10.6 Å². The van der Waals surface area contributed by atoms with Gasteiger partial charge in [0.15, 0.2) is 0 Å². The first kappa shape index (κ1) is 14.1. The van der Waals surface area contributed by atoms with Crippen molar-refractivity contribution in [2.45, 2.75) is 25.3 Å². The summed E-state index contributed by atoms with van der Waals surface area (Å²) < 4.78 is 0. The van der Waals surface area contributed by atoms with E-state index >= 15 is 0 Å². The van der Waals surface area contributed by atoms with E-state index in [-0.39, 0.29) is 18.3 Å². The molecule has 0 aromatic rings. The van der Waals surface area contributed by atoms with Crippen LogP contribution in [0.25, 0.3) is 0 Å². The van der Waals surface area contributed by atoms with Gasteiger partial charge in [-0.15, -0.1) is 12.4 Å². The fourth-order valence-electron chi connectivity index (χ4n) is 1.46. The predicted molar refractivity (Wildman–Crippen MR) is 64.3 cm³/mol. The monoisotopic (exact) mass is 238 g/mol. The Morgan fingerprint density at radius 2 is 2.14 bits per heavy atom. The second-order valence-electron chi connectivity index (χ2n) is 3.33. The number of piperidine rings is 1. The second-order valence-corrected chi connectivity index (χ2v) is 4.32. The van der Waals surface area contributed by atoms with E-state index < -0.39 is 0 Å². The van der Waals surface area contributed by atoms with Crippen molar-refractivity contribution in [3.63, 3.8) is 0 Å². The summed E-state index contributed by atoms with van der Waals surface area (Å²) in [7, 11) is 0. The maximum Gasteiger partial charge on any atom is 0.221 e. The molecule has 0 aliphatic carbocycles. The summed E-state index contributed by atoms with van der Waals surface area (Å²) in [6.07, 6.45) is 4.83. The second kappa shape index (κ2) is 8.38. The lowest BCUT2D eigenvalue weighted by Gasteiger charge is -2.23. The van der Waals surface area contributed by atoms with E-state index in [0.29, 0.717) is 12.5 Å². The summed E-state index contributed by atoms with van der Waals surface area (Å²) in [5.41, 5.74) is 0. The van der Waals surface area contributed by atoms with Crippen LogP contribution in [0.2, 0.25) is 0 Å². The Morgan fingerprint density at radius 3 is 2.71 bits per heavy atom. The number of hydrogen-bond donors (Lipinski definition) is 2. The number of nitrogens with one attached hydrogen (secondary N) is 2. The lowest BCUT2D eigenvalue weighted by atomic mass is 10.1. The molecule has 1 rings (SSSR count). The van der Waals surface area contributed by atoms with Crippen LogP contribution in [-0.2, 0) is 4.79 Å². The van der Waals surface area contributed by atoms with Crippen LogP contribution in [0, 0.1) is 0 Å². The van der Waals surface area contributed by atoms with Crippen LogP contribution in [0.4, 0.5) is 0 Å². The molecular weight excluding hydrogens is 220 g/mol. The SMILES string of the molecule is CSCCC(=O)NC1CCNCC1.Cl. The number of amides is 1. The molecule has 1 fully saturated rings. The molecule has 0 aromatic heterocycles. The molecule has 2 N–H and O–H groups in total. The van der Waals surface area contributed by atoms with E-state index in [4.69, 9.17) is 0 Å². The predicted octanol–water partition coefficient (Wildman–Crippen LogP) is 1.03. The molecule has 0 unspecified atom stereocenters. The topological polar surface area (TPSA) is 41.1 Å². The van der Waals surface area contributed by atoms with Gasteiger partial charge in [0.1, 0.15) is 0 Å². The zero-order valence-corrected chi connectivity index (χ0v) is 10.2. The summed E-state index contributed by atoms with van der Waals surface area (Å²) in [6.45, 7) is 2.07. The van der Waals surface area contributed by atoms with Gasteiger partial charge in [0.25, 0.3) is 0 Å². The molecule has 0 atom stereocenters. The number of hydrogen-bond acceptors (Lipinski definition) is 3. The molecule has 1 heterocycles. The Kier molecular flexibility index (Phi) is 8.43. The first-order valence-corrected chi connectivity index (χ1v) is 6.21. The molecule has 0 spiro atoms. The van der Waals surface area contributed by atoms with Gasteiger partial charge in [-0.05, 0) is 32.2 Å². The minimum Gasteiger partial charge on any atom is -0.353 e. The fraction of sp³-hybridized carbons (Fsp3) is 0.889. The summed E-state index contributed by atoms with van der Waals surface area (Å²) in [6, 6.07) is 0.413. The normalized spacial score (nSPS) is 17.2. The van der Waals surface area contributed by atoms with E-state index in [0.717, 1.165) is 31.7 Å². The fourth-order valence-corrected chi connectivity index (χ4v) is 1.85. The molecule has 3 nitrogen and oxygen atoms in total. The van der Waals surface area contributed by atoms with Crippen molar-refractivity contribution < 1.29 is 4.79 Å². The highest BCUT2D eigenvalue weighted by molar-refractivity contribution is 7.98. The van der Waals surface area contributed by atoms with E-state index in [1.54, 1.807) is 11.8 Å². The number of thioether (sulfide) groups is 1. The van der Waals surface area contributed by atoms with Crippen LogP contribution in [0.5, 0.6) is 0 Å². The zero-order valence-electron chi connectivity index (χ0n) is 8.54.